The topological polar surface area (TPSA) is 27.7 Å². The summed E-state index contributed by atoms with van der Waals surface area (Å²) in [5.41, 5.74) is 4.15. The van der Waals surface area contributed by atoms with Crippen LogP contribution in [-0.2, 0) is 30.2 Å². The van der Waals surface area contributed by atoms with Gasteiger partial charge < -0.3 is 14.2 Å². The van der Waals surface area contributed by atoms with Gasteiger partial charge in [-0.25, -0.2) is 0 Å². The van der Waals surface area contributed by atoms with E-state index in [0.717, 1.165) is 123 Å². The first-order valence-electron chi connectivity index (χ1n) is 32.0. The van der Waals surface area contributed by atoms with Gasteiger partial charge in [0, 0.05) is 46.8 Å². The lowest BCUT2D eigenvalue weighted by atomic mass is 10.0. The van der Waals surface area contributed by atoms with Crippen LogP contribution < -0.4 is 14.2 Å². The van der Waals surface area contributed by atoms with Crippen molar-refractivity contribution in [1.82, 2.24) is 0 Å². The van der Waals surface area contributed by atoms with Crippen molar-refractivity contribution in [2.24, 2.45) is 0 Å². The Morgan fingerprint density at radius 2 is 0.592 bits per heavy atom. The van der Waals surface area contributed by atoms with Gasteiger partial charge in [-0.15, -0.1) is 0 Å². The molecule has 0 fully saturated rings. The minimum atomic E-state index is -0.338. The van der Waals surface area contributed by atoms with Crippen LogP contribution in [0.15, 0.2) is 69.3 Å². The van der Waals surface area contributed by atoms with Gasteiger partial charge in [0.2, 0.25) is 0 Å². The minimum absolute atomic E-state index is 0.338. The Bertz CT molecular complexity index is 1710. The summed E-state index contributed by atoms with van der Waals surface area (Å²) in [6, 6.07) is 25.8. The molecule has 3 aromatic rings. The molecule has 3 nitrogen and oxygen atoms in total. The maximum atomic E-state index is 6.68. The Kier molecular flexibility index (Phi) is 36.2. The van der Waals surface area contributed by atoms with Gasteiger partial charge >= 0.3 is 0 Å². The molecular formula is C69H117O3SSi3+. The van der Waals surface area contributed by atoms with Crippen molar-refractivity contribution in [3.05, 3.63) is 71.3 Å². The zero-order valence-corrected chi connectivity index (χ0v) is 55.6. The van der Waals surface area contributed by atoms with E-state index >= 15 is 0 Å². The van der Waals surface area contributed by atoms with Crippen LogP contribution >= 0.6 is 0 Å². The Balaban J connectivity index is 2.09. The molecule has 6 radical (unpaired) electrons. The molecular weight excluding hydrogens is 993 g/mol. The van der Waals surface area contributed by atoms with Crippen LogP contribution in [0.3, 0.4) is 0 Å². The van der Waals surface area contributed by atoms with Crippen LogP contribution in [0.25, 0.3) is 0 Å². The predicted octanol–water partition coefficient (Wildman–Crippen LogP) is 22.2. The molecule has 0 aliphatic carbocycles. The molecule has 0 heterocycles. The van der Waals surface area contributed by atoms with Crippen molar-refractivity contribution in [2.45, 2.75) is 324 Å². The third-order valence-corrected chi connectivity index (χ3v) is 23.1. The van der Waals surface area contributed by atoms with Gasteiger partial charge in [-0.3, -0.25) is 0 Å². The van der Waals surface area contributed by atoms with Crippen molar-refractivity contribution >= 4 is 39.5 Å². The Hall–Kier alpha value is -1.94. The molecule has 3 rings (SSSR count). The first kappa shape index (κ1) is 68.3. The summed E-state index contributed by atoms with van der Waals surface area (Å²) in [7, 11) is 2.63. The van der Waals surface area contributed by atoms with Crippen molar-refractivity contribution in [2.75, 3.05) is 19.8 Å². The van der Waals surface area contributed by atoms with E-state index in [9.17, 15) is 0 Å². The molecule has 3 aromatic carbocycles. The highest BCUT2D eigenvalue weighted by Crippen LogP contribution is 2.40. The van der Waals surface area contributed by atoms with Crippen LogP contribution in [0.1, 0.15) is 273 Å². The summed E-state index contributed by atoms with van der Waals surface area (Å²) in [5, 5.41) is 1.26. The first-order chi connectivity index (χ1) is 36.7. The summed E-state index contributed by atoms with van der Waals surface area (Å²) in [6.07, 6.45) is 38.0. The van der Waals surface area contributed by atoms with Crippen LogP contribution in [0.5, 0.6) is 17.2 Å². The van der Waals surface area contributed by atoms with Gasteiger partial charge in [0.05, 0.1) is 30.7 Å². The molecule has 428 valence electrons. The van der Waals surface area contributed by atoms with Gasteiger partial charge in [-0.1, -0.05) is 255 Å². The van der Waals surface area contributed by atoms with Crippen molar-refractivity contribution < 1.29 is 14.2 Å². The van der Waals surface area contributed by atoms with Crippen LogP contribution in [-0.4, -0.2) is 48.4 Å². The number of aryl methyl sites for hydroxylation is 3. The minimum Gasteiger partial charge on any atom is -0.493 e. The van der Waals surface area contributed by atoms with Gasteiger partial charge in [0.25, 0.3) is 0 Å². The lowest BCUT2D eigenvalue weighted by Crippen LogP contribution is -2.13. The molecule has 0 unspecified atom stereocenters. The second kappa shape index (κ2) is 40.3. The number of unbranched alkanes of at least 4 members (excludes halogenated alkanes) is 15. The molecule has 0 N–H and O–H groups in total. The quantitative estimate of drug-likeness (QED) is 0.0320. The average molecular weight is 1110 g/mol. The van der Waals surface area contributed by atoms with E-state index in [1.165, 1.54) is 184 Å². The fourth-order valence-electron chi connectivity index (χ4n) is 10.3. The molecule has 0 saturated heterocycles. The lowest BCUT2D eigenvalue weighted by Gasteiger charge is -2.24. The van der Waals surface area contributed by atoms with Crippen molar-refractivity contribution in [3.8, 4) is 17.2 Å². The maximum Gasteiger partial charge on any atom is 0.167 e. The molecule has 0 amide bonds. The average Bonchev–Trinajstić information content (AvgIpc) is 3.39. The largest absolute Gasteiger partial charge is 0.493 e. The molecule has 0 saturated carbocycles. The van der Waals surface area contributed by atoms with Gasteiger partial charge in [0.1, 0.15) is 17.2 Å². The fourth-order valence-corrected chi connectivity index (χ4v) is 16.7. The molecule has 0 bridgehead atoms. The highest BCUT2D eigenvalue weighted by atomic mass is 32.2. The molecule has 7 heteroatoms. The zero-order chi connectivity index (χ0) is 55.3. The smallest absolute Gasteiger partial charge is 0.167 e. The van der Waals surface area contributed by atoms with E-state index in [1.54, 1.807) is 0 Å². The molecule has 0 spiro atoms. The monoisotopic (exact) mass is 1110 g/mol. The van der Waals surface area contributed by atoms with Gasteiger partial charge in [-0.2, -0.15) is 0 Å². The van der Waals surface area contributed by atoms with Gasteiger partial charge in [0.15, 0.2) is 14.7 Å². The summed E-state index contributed by atoms with van der Waals surface area (Å²) >= 11 is 0. The summed E-state index contributed by atoms with van der Waals surface area (Å²) < 4.78 is 20.0. The number of hydrogen-bond acceptors (Lipinski definition) is 3. The Morgan fingerprint density at radius 1 is 0.329 bits per heavy atom. The molecule has 0 aliphatic heterocycles. The third kappa shape index (κ3) is 29.0. The number of benzene rings is 3. The third-order valence-electron chi connectivity index (χ3n) is 15.5. The van der Waals surface area contributed by atoms with Gasteiger partial charge in [-0.05, 0) is 107 Å². The SMILES string of the molecule is CCCCCCCC(C)(C)[Si]CCCc1cc([S+](c2ccc(OCCCC)c(CCC[Si]C(C)(C)CCCCCCC)c2)c2ccc(OCCCC)c(CCC[Si]C(C)(C)CCCCCCC)c2)ccc1OCCCC. The normalized spacial score (nSPS) is 12.3. The number of rotatable bonds is 48. The van der Waals surface area contributed by atoms with E-state index in [2.05, 4.69) is 138 Å². The number of ether oxygens (including phenoxy) is 3. The Morgan fingerprint density at radius 3 is 0.855 bits per heavy atom. The second-order valence-corrected chi connectivity index (χ2v) is 33.1. The second-order valence-electron chi connectivity index (χ2n) is 24.5. The molecule has 0 atom stereocenters. The number of hydrogen-bond donors (Lipinski definition) is 0. The first-order valence-corrected chi connectivity index (χ1v) is 36.8. The van der Waals surface area contributed by atoms with Crippen LogP contribution in [0.2, 0.25) is 33.2 Å². The summed E-state index contributed by atoms with van der Waals surface area (Å²) in [6.45, 7) is 31.2. The van der Waals surface area contributed by atoms with Crippen LogP contribution in [0.4, 0.5) is 0 Å². The maximum absolute atomic E-state index is 6.68. The standard InChI is InChI=1S/C69H117O3SSi3/c1-13-19-25-28-31-46-67(7,8)74-52-34-37-58-55-61(40-43-64(58)70-49-22-16-4)73(62-41-44-65(71-50-23-17-5)59(56-62)38-35-53-75-68(9,10)47-32-29-26-20-14-2)63-42-45-66(72-51-24-18-6)60(57-63)39-36-54-76-69(11,12)48-33-30-27-21-15-3/h40-45,55-57H,13-39,46-54H2,1-12H3/q+1. The van der Waals surface area contributed by atoms with E-state index in [4.69, 9.17) is 14.2 Å². The van der Waals surface area contributed by atoms with Crippen molar-refractivity contribution in [1.29, 1.82) is 0 Å². The summed E-state index contributed by atoms with van der Waals surface area (Å²) in [5.74, 6) is 3.28. The van der Waals surface area contributed by atoms with E-state index < -0.39 is 0 Å². The molecule has 0 aromatic heterocycles. The predicted molar refractivity (Wildman–Crippen MR) is 342 cm³/mol. The van der Waals surface area contributed by atoms with Crippen LogP contribution in [0, 0.1) is 0 Å². The Labute approximate surface area is 482 Å². The van der Waals surface area contributed by atoms with Crippen molar-refractivity contribution in [3.63, 3.8) is 0 Å². The van der Waals surface area contributed by atoms with E-state index in [1.807, 2.05) is 0 Å². The molecule has 76 heavy (non-hydrogen) atoms. The fraction of sp³-hybridized carbons (Fsp3) is 0.739. The summed E-state index contributed by atoms with van der Waals surface area (Å²) in [4.78, 5) is 4.19. The highest BCUT2D eigenvalue weighted by molar-refractivity contribution is 7.97. The molecule has 0 aliphatic rings. The lowest BCUT2D eigenvalue weighted by molar-refractivity contribution is 0.306. The van der Waals surface area contributed by atoms with E-state index in [0.29, 0.717) is 15.1 Å². The zero-order valence-electron chi connectivity index (χ0n) is 51.8. The highest BCUT2D eigenvalue weighted by Gasteiger charge is 2.32. The van der Waals surface area contributed by atoms with E-state index in [-0.39, 0.29) is 10.9 Å².